The molecule has 3 rings (SSSR count). The minimum Gasteiger partial charge on any atom is -0.381 e. The van der Waals surface area contributed by atoms with Crippen molar-refractivity contribution in [3.05, 3.63) is 23.0 Å². The first-order chi connectivity index (χ1) is 9.89. The number of nitrogens with zero attached hydrogens (tertiary/aromatic N) is 1. The van der Waals surface area contributed by atoms with Crippen LogP contribution in [-0.4, -0.2) is 17.8 Å². The fraction of sp³-hybridized carbons (Fsp3) is 0.778. The molecule has 1 aromatic rings. The number of ether oxygens (including phenoxy) is 1. The number of hydrogen-bond acceptors (Lipinski definition) is 2. The number of fused-ring (bicyclic) bond motifs is 1. The van der Waals surface area contributed by atoms with E-state index in [9.17, 15) is 0 Å². The van der Waals surface area contributed by atoms with Crippen LogP contribution in [-0.2, 0) is 11.2 Å². The first-order valence-corrected chi connectivity index (χ1v) is 8.43. The predicted octanol–water partition coefficient (Wildman–Crippen LogP) is 3.76. The summed E-state index contributed by atoms with van der Waals surface area (Å²) in [4.78, 5) is 0. The van der Waals surface area contributed by atoms with Crippen molar-refractivity contribution >= 4 is 0 Å². The van der Waals surface area contributed by atoms with Crippen LogP contribution in [0, 0.1) is 18.3 Å². The molecule has 3 nitrogen and oxygen atoms in total. The summed E-state index contributed by atoms with van der Waals surface area (Å²) in [5.74, 6) is 0.732. The number of rotatable bonds is 2. The lowest BCUT2D eigenvalue weighted by molar-refractivity contribution is 0.0504. The minimum atomic E-state index is 0.200. The zero-order valence-corrected chi connectivity index (χ0v) is 14.0. The average molecular weight is 290 g/mol. The summed E-state index contributed by atoms with van der Waals surface area (Å²) in [5, 5.41) is 0. The molecule has 2 aliphatic rings. The van der Waals surface area contributed by atoms with Crippen LogP contribution in [0.1, 0.15) is 69.1 Å². The highest BCUT2D eigenvalue weighted by Gasteiger charge is 2.35. The van der Waals surface area contributed by atoms with Gasteiger partial charge < -0.3 is 15.0 Å². The molecule has 0 bridgehead atoms. The molecule has 3 heteroatoms. The highest BCUT2D eigenvalue weighted by atomic mass is 16.5. The lowest BCUT2D eigenvalue weighted by Gasteiger charge is -2.37. The molecular formula is C18H30N2O. The van der Waals surface area contributed by atoms with Crippen LogP contribution >= 0.6 is 0 Å². The van der Waals surface area contributed by atoms with Crippen molar-refractivity contribution in [2.24, 2.45) is 17.1 Å². The van der Waals surface area contributed by atoms with E-state index in [4.69, 9.17) is 10.5 Å². The highest BCUT2D eigenvalue weighted by molar-refractivity contribution is 5.34. The van der Waals surface area contributed by atoms with E-state index in [2.05, 4.69) is 38.3 Å². The molecule has 21 heavy (non-hydrogen) atoms. The van der Waals surface area contributed by atoms with Gasteiger partial charge in [0.05, 0.1) is 0 Å². The molecule has 2 heterocycles. The Morgan fingerprint density at radius 1 is 1.33 bits per heavy atom. The Hall–Kier alpha value is -0.800. The smallest absolute Gasteiger partial charge is 0.0469 e. The lowest BCUT2D eigenvalue weighted by atomic mass is 9.74. The van der Waals surface area contributed by atoms with Crippen LogP contribution in [0.2, 0.25) is 0 Å². The van der Waals surface area contributed by atoms with E-state index in [0.717, 1.165) is 32.0 Å². The summed E-state index contributed by atoms with van der Waals surface area (Å²) in [6.07, 6.45) is 4.61. The van der Waals surface area contributed by atoms with Crippen molar-refractivity contribution < 1.29 is 4.74 Å². The topological polar surface area (TPSA) is 40.2 Å². The quantitative estimate of drug-likeness (QED) is 0.901. The third kappa shape index (κ3) is 2.78. The molecule has 1 aliphatic heterocycles. The van der Waals surface area contributed by atoms with Crippen molar-refractivity contribution in [1.82, 2.24) is 4.57 Å². The molecule has 2 atom stereocenters. The summed E-state index contributed by atoms with van der Waals surface area (Å²) in [6.45, 7) is 11.2. The van der Waals surface area contributed by atoms with Crippen molar-refractivity contribution in [3.63, 3.8) is 0 Å². The summed E-state index contributed by atoms with van der Waals surface area (Å²) >= 11 is 0. The fourth-order valence-corrected chi connectivity index (χ4v) is 4.44. The van der Waals surface area contributed by atoms with Gasteiger partial charge in [0.2, 0.25) is 0 Å². The van der Waals surface area contributed by atoms with Crippen LogP contribution in [0.15, 0.2) is 6.07 Å². The van der Waals surface area contributed by atoms with Gasteiger partial charge in [-0.05, 0) is 62.5 Å². The molecule has 1 fully saturated rings. The Bertz CT molecular complexity index is 512. The molecule has 1 saturated heterocycles. The Morgan fingerprint density at radius 2 is 2.00 bits per heavy atom. The van der Waals surface area contributed by atoms with Crippen LogP contribution in [0.4, 0.5) is 0 Å². The Balaban J connectivity index is 1.95. The molecule has 118 valence electrons. The van der Waals surface area contributed by atoms with Gasteiger partial charge in [0, 0.05) is 36.7 Å². The number of hydrogen-bond donors (Lipinski definition) is 1. The standard InChI is InChI=1S/C18H30N2O/c1-12-9-15-16(19)10-18(3,4)11-17(15)20(12)13(2)14-5-7-21-8-6-14/h9,13-14,16H,5-8,10-11,19H2,1-4H3. The first-order valence-electron chi connectivity index (χ1n) is 8.43. The molecule has 2 N–H and O–H groups in total. The fourth-order valence-electron chi connectivity index (χ4n) is 4.44. The Kier molecular flexibility index (Phi) is 3.91. The molecule has 1 aliphatic carbocycles. The van der Waals surface area contributed by atoms with Crippen LogP contribution in [0.25, 0.3) is 0 Å². The second kappa shape index (κ2) is 5.44. The molecule has 0 saturated carbocycles. The summed E-state index contributed by atoms with van der Waals surface area (Å²) in [5.41, 5.74) is 11.0. The molecule has 0 amide bonds. The van der Waals surface area contributed by atoms with Crippen molar-refractivity contribution in [1.29, 1.82) is 0 Å². The van der Waals surface area contributed by atoms with E-state index in [0.29, 0.717) is 11.5 Å². The van der Waals surface area contributed by atoms with E-state index in [1.807, 2.05) is 0 Å². The zero-order valence-electron chi connectivity index (χ0n) is 14.0. The molecule has 2 unspecified atom stereocenters. The van der Waals surface area contributed by atoms with Gasteiger partial charge in [-0.15, -0.1) is 0 Å². The molecular weight excluding hydrogens is 260 g/mol. The SMILES string of the molecule is Cc1cc2c(n1C(C)C1CCOCC1)CC(C)(C)CC2N. The van der Waals surface area contributed by atoms with Gasteiger partial charge in [0.1, 0.15) is 0 Å². The predicted molar refractivity (Wildman–Crippen MR) is 86.5 cm³/mol. The van der Waals surface area contributed by atoms with Gasteiger partial charge in [0.15, 0.2) is 0 Å². The summed E-state index contributed by atoms with van der Waals surface area (Å²) in [6, 6.07) is 3.09. The van der Waals surface area contributed by atoms with Gasteiger partial charge in [-0.3, -0.25) is 0 Å². The third-order valence-corrected chi connectivity index (χ3v) is 5.54. The number of nitrogens with two attached hydrogens (primary N) is 1. The van der Waals surface area contributed by atoms with Crippen LogP contribution in [0.5, 0.6) is 0 Å². The van der Waals surface area contributed by atoms with E-state index in [1.165, 1.54) is 29.8 Å². The third-order valence-electron chi connectivity index (χ3n) is 5.54. The second-order valence-electron chi connectivity index (χ2n) is 7.90. The van der Waals surface area contributed by atoms with Gasteiger partial charge in [-0.2, -0.15) is 0 Å². The van der Waals surface area contributed by atoms with Crippen LogP contribution in [0.3, 0.4) is 0 Å². The van der Waals surface area contributed by atoms with Gasteiger partial charge in [-0.1, -0.05) is 13.8 Å². The molecule has 0 spiro atoms. The maximum Gasteiger partial charge on any atom is 0.0469 e. The first kappa shape index (κ1) is 15.1. The monoisotopic (exact) mass is 290 g/mol. The average Bonchev–Trinajstić information content (AvgIpc) is 2.74. The number of aryl methyl sites for hydroxylation is 1. The summed E-state index contributed by atoms with van der Waals surface area (Å²) in [7, 11) is 0. The number of aromatic nitrogens is 1. The van der Waals surface area contributed by atoms with Gasteiger partial charge in [0.25, 0.3) is 0 Å². The van der Waals surface area contributed by atoms with E-state index >= 15 is 0 Å². The molecule has 1 aromatic heterocycles. The largest absolute Gasteiger partial charge is 0.381 e. The van der Waals surface area contributed by atoms with E-state index < -0.39 is 0 Å². The van der Waals surface area contributed by atoms with Crippen molar-refractivity contribution in [2.45, 2.75) is 65.5 Å². The molecule has 0 radical (unpaired) electrons. The normalized spacial score (nSPS) is 27.4. The summed E-state index contributed by atoms with van der Waals surface area (Å²) < 4.78 is 8.12. The van der Waals surface area contributed by atoms with E-state index in [1.54, 1.807) is 0 Å². The molecule has 0 aromatic carbocycles. The Morgan fingerprint density at radius 3 is 2.67 bits per heavy atom. The highest BCUT2D eigenvalue weighted by Crippen LogP contribution is 2.43. The minimum absolute atomic E-state index is 0.200. The van der Waals surface area contributed by atoms with Crippen molar-refractivity contribution in [3.8, 4) is 0 Å². The van der Waals surface area contributed by atoms with Crippen molar-refractivity contribution in [2.75, 3.05) is 13.2 Å². The maximum atomic E-state index is 6.45. The Labute approximate surface area is 128 Å². The zero-order chi connectivity index (χ0) is 15.2. The second-order valence-corrected chi connectivity index (χ2v) is 7.90. The van der Waals surface area contributed by atoms with E-state index in [-0.39, 0.29) is 6.04 Å². The maximum absolute atomic E-state index is 6.45. The lowest BCUT2D eigenvalue weighted by Crippen LogP contribution is -2.32. The van der Waals surface area contributed by atoms with Crippen LogP contribution < -0.4 is 5.73 Å². The van der Waals surface area contributed by atoms with Gasteiger partial charge >= 0.3 is 0 Å². The van der Waals surface area contributed by atoms with Gasteiger partial charge in [-0.25, -0.2) is 0 Å².